The van der Waals surface area contributed by atoms with Crippen LogP contribution < -0.4 is 16.4 Å². The van der Waals surface area contributed by atoms with Gasteiger partial charge in [-0.05, 0) is 20.8 Å². The van der Waals surface area contributed by atoms with Gasteiger partial charge in [-0.2, -0.15) is 0 Å². The number of hydrogen-bond acceptors (Lipinski definition) is 3. The summed E-state index contributed by atoms with van der Waals surface area (Å²) in [5.41, 5.74) is 5.36. The molecule has 0 atom stereocenters. The molecule has 0 fully saturated rings. The van der Waals surface area contributed by atoms with E-state index in [1.807, 2.05) is 0 Å². The highest BCUT2D eigenvalue weighted by Gasteiger charge is 2.10. The lowest BCUT2D eigenvalue weighted by molar-refractivity contribution is 0.505. The van der Waals surface area contributed by atoms with E-state index in [4.69, 9.17) is 5.73 Å². The number of nitrogens with one attached hydrogen (secondary N) is 2. The smallest absolute Gasteiger partial charge is 0.0980 e. The molecule has 0 aliphatic carbocycles. The molecule has 0 spiro atoms. The third-order valence-corrected chi connectivity index (χ3v) is 1.38. The predicted octanol–water partition coefficient (Wildman–Crippen LogP) is 0.646. The standard InChI is InChI=1S/C9H22N4/c1-5-8(12-7-11-6-10)13-9(2,3)4/h11H,5-7,10H2,1-4H3,(H,12,13). The molecule has 4 N–H and O–H groups in total. The Morgan fingerprint density at radius 3 is 2.38 bits per heavy atom. The van der Waals surface area contributed by atoms with Crippen molar-refractivity contribution in [3.8, 4) is 0 Å². The molecular formula is C9H22N4. The zero-order valence-electron chi connectivity index (χ0n) is 9.15. The molecule has 4 nitrogen and oxygen atoms in total. The number of hydrogen-bond donors (Lipinski definition) is 3. The van der Waals surface area contributed by atoms with Crippen molar-refractivity contribution in [3.63, 3.8) is 0 Å². The second kappa shape index (κ2) is 5.94. The average Bonchev–Trinajstić information content (AvgIpc) is 2.01. The van der Waals surface area contributed by atoms with Gasteiger partial charge in [-0.15, -0.1) is 0 Å². The first-order chi connectivity index (χ1) is 5.99. The van der Waals surface area contributed by atoms with Crippen LogP contribution in [-0.4, -0.2) is 24.7 Å². The van der Waals surface area contributed by atoms with Gasteiger partial charge in [0.25, 0.3) is 0 Å². The van der Waals surface area contributed by atoms with Crippen molar-refractivity contribution in [2.24, 2.45) is 10.7 Å². The summed E-state index contributed by atoms with van der Waals surface area (Å²) in [4.78, 5) is 4.33. The van der Waals surface area contributed by atoms with Gasteiger partial charge in [0, 0.05) is 18.6 Å². The first-order valence-corrected chi connectivity index (χ1v) is 4.72. The third-order valence-electron chi connectivity index (χ3n) is 1.38. The SMILES string of the molecule is CCC(=NCNCN)NC(C)(C)C. The molecule has 4 heteroatoms. The fraction of sp³-hybridized carbons (Fsp3) is 0.889. The van der Waals surface area contributed by atoms with Crippen LogP contribution in [0.2, 0.25) is 0 Å². The molecule has 0 rings (SSSR count). The van der Waals surface area contributed by atoms with Crippen LogP contribution in [0.15, 0.2) is 4.99 Å². The Morgan fingerprint density at radius 1 is 1.38 bits per heavy atom. The Bertz CT molecular complexity index is 157. The minimum atomic E-state index is 0.0809. The van der Waals surface area contributed by atoms with Crippen LogP contribution in [0.25, 0.3) is 0 Å². The fourth-order valence-corrected chi connectivity index (χ4v) is 0.888. The summed E-state index contributed by atoms with van der Waals surface area (Å²) in [5, 5.41) is 6.28. The van der Waals surface area contributed by atoms with Gasteiger partial charge in [0.2, 0.25) is 0 Å². The zero-order chi connectivity index (χ0) is 10.3. The maximum absolute atomic E-state index is 5.28. The van der Waals surface area contributed by atoms with E-state index < -0.39 is 0 Å². The topological polar surface area (TPSA) is 62.4 Å². The molecule has 0 aliphatic rings. The maximum Gasteiger partial charge on any atom is 0.0980 e. The quantitative estimate of drug-likeness (QED) is 0.261. The molecule has 78 valence electrons. The Morgan fingerprint density at radius 2 is 2.00 bits per heavy atom. The third kappa shape index (κ3) is 7.74. The molecule has 0 unspecified atom stereocenters. The van der Waals surface area contributed by atoms with Gasteiger partial charge < -0.3 is 11.1 Å². The van der Waals surface area contributed by atoms with Gasteiger partial charge >= 0.3 is 0 Å². The maximum atomic E-state index is 5.28. The zero-order valence-corrected chi connectivity index (χ0v) is 9.15. The molecular weight excluding hydrogens is 164 g/mol. The molecule has 0 aliphatic heterocycles. The predicted molar refractivity (Wildman–Crippen MR) is 57.7 cm³/mol. The molecule has 0 amide bonds. The van der Waals surface area contributed by atoms with Crippen molar-refractivity contribution in [2.45, 2.75) is 39.7 Å². The highest BCUT2D eigenvalue weighted by atomic mass is 15.1. The molecule has 13 heavy (non-hydrogen) atoms. The molecule has 0 heterocycles. The lowest BCUT2D eigenvalue weighted by atomic mass is 10.1. The lowest BCUT2D eigenvalue weighted by Crippen LogP contribution is -2.41. The first kappa shape index (κ1) is 12.4. The average molecular weight is 186 g/mol. The Hall–Kier alpha value is -0.610. The normalized spacial score (nSPS) is 13.2. The summed E-state index contributed by atoms with van der Waals surface area (Å²) in [6, 6.07) is 0. The van der Waals surface area contributed by atoms with Crippen LogP contribution in [-0.2, 0) is 0 Å². The van der Waals surface area contributed by atoms with Crippen LogP contribution in [0.3, 0.4) is 0 Å². The monoisotopic (exact) mass is 186 g/mol. The molecule has 0 saturated heterocycles. The van der Waals surface area contributed by atoms with Crippen molar-refractivity contribution >= 4 is 5.84 Å². The number of amidine groups is 1. The van der Waals surface area contributed by atoms with Gasteiger partial charge in [-0.3, -0.25) is 10.3 Å². The van der Waals surface area contributed by atoms with Crippen molar-refractivity contribution in [2.75, 3.05) is 13.3 Å². The van der Waals surface area contributed by atoms with Gasteiger partial charge in [-0.1, -0.05) is 6.92 Å². The summed E-state index contributed by atoms with van der Waals surface area (Å²) in [6.45, 7) is 9.50. The fourth-order valence-electron chi connectivity index (χ4n) is 0.888. The lowest BCUT2D eigenvalue weighted by Gasteiger charge is -2.22. The summed E-state index contributed by atoms with van der Waals surface area (Å²) in [7, 11) is 0. The number of rotatable bonds is 4. The van der Waals surface area contributed by atoms with Gasteiger partial charge in [-0.25, -0.2) is 0 Å². The van der Waals surface area contributed by atoms with E-state index in [0.29, 0.717) is 13.3 Å². The molecule has 0 saturated carbocycles. The summed E-state index contributed by atoms with van der Waals surface area (Å²) in [5.74, 6) is 1.02. The highest BCUT2D eigenvalue weighted by Crippen LogP contribution is 1.99. The largest absolute Gasteiger partial charge is 0.369 e. The Labute approximate surface area is 81.0 Å². The van der Waals surface area contributed by atoms with Crippen LogP contribution >= 0.6 is 0 Å². The van der Waals surface area contributed by atoms with E-state index in [0.717, 1.165) is 12.3 Å². The van der Waals surface area contributed by atoms with Gasteiger partial charge in [0.05, 0.1) is 12.5 Å². The summed E-state index contributed by atoms with van der Waals surface area (Å²) >= 11 is 0. The van der Waals surface area contributed by atoms with Crippen molar-refractivity contribution in [1.29, 1.82) is 0 Å². The Kier molecular flexibility index (Phi) is 5.66. The van der Waals surface area contributed by atoms with Crippen LogP contribution in [0.5, 0.6) is 0 Å². The van der Waals surface area contributed by atoms with E-state index >= 15 is 0 Å². The Balaban J connectivity index is 3.94. The molecule has 0 aromatic rings. The van der Waals surface area contributed by atoms with E-state index in [2.05, 4.69) is 43.3 Å². The number of nitrogens with zero attached hydrogens (tertiary/aromatic N) is 1. The molecule has 0 aromatic heterocycles. The van der Waals surface area contributed by atoms with E-state index in [-0.39, 0.29) is 5.54 Å². The first-order valence-electron chi connectivity index (χ1n) is 4.72. The summed E-state index contributed by atoms with van der Waals surface area (Å²) in [6.07, 6.45) is 0.920. The van der Waals surface area contributed by atoms with Crippen LogP contribution in [0, 0.1) is 0 Å². The second-order valence-corrected chi connectivity index (χ2v) is 3.95. The van der Waals surface area contributed by atoms with Crippen molar-refractivity contribution in [1.82, 2.24) is 10.6 Å². The van der Waals surface area contributed by atoms with Crippen molar-refractivity contribution in [3.05, 3.63) is 0 Å². The summed E-state index contributed by atoms with van der Waals surface area (Å²) < 4.78 is 0. The molecule has 0 radical (unpaired) electrons. The van der Waals surface area contributed by atoms with Crippen LogP contribution in [0.4, 0.5) is 0 Å². The highest BCUT2D eigenvalue weighted by molar-refractivity contribution is 5.82. The van der Waals surface area contributed by atoms with E-state index in [1.54, 1.807) is 0 Å². The van der Waals surface area contributed by atoms with Crippen molar-refractivity contribution < 1.29 is 0 Å². The molecule has 0 bridgehead atoms. The van der Waals surface area contributed by atoms with E-state index in [9.17, 15) is 0 Å². The molecule has 0 aromatic carbocycles. The minimum Gasteiger partial charge on any atom is -0.369 e. The number of aliphatic imine (C=N–C) groups is 1. The van der Waals surface area contributed by atoms with Gasteiger partial charge in [0.1, 0.15) is 0 Å². The minimum absolute atomic E-state index is 0.0809. The van der Waals surface area contributed by atoms with Gasteiger partial charge in [0.15, 0.2) is 0 Å². The van der Waals surface area contributed by atoms with E-state index in [1.165, 1.54) is 0 Å². The second-order valence-electron chi connectivity index (χ2n) is 3.95. The van der Waals surface area contributed by atoms with Crippen LogP contribution in [0.1, 0.15) is 34.1 Å². The number of nitrogens with two attached hydrogens (primary N) is 1.